The van der Waals surface area contributed by atoms with Crippen LogP contribution in [0.3, 0.4) is 0 Å². The van der Waals surface area contributed by atoms with E-state index in [2.05, 4.69) is 15.2 Å². The van der Waals surface area contributed by atoms with Crippen LogP contribution in [-0.4, -0.2) is 46.6 Å². The zero-order chi connectivity index (χ0) is 12.5. The molecule has 0 bridgehead atoms. The van der Waals surface area contributed by atoms with Crippen molar-refractivity contribution in [2.45, 2.75) is 25.4 Å². The fourth-order valence-corrected chi connectivity index (χ4v) is 2.72. The second-order valence-corrected chi connectivity index (χ2v) is 5.67. The Labute approximate surface area is 104 Å². The van der Waals surface area contributed by atoms with Crippen molar-refractivity contribution in [1.82, 2.24) is 15.2 Å². The maximum atomic E-state index is 10.9. The van der Waals surface area contributed by atoms with E-state index in [4.69, 9.17) is 5.11 Å². The summed E-state index contributed by atoms with van der Waals surface area (Å²) in [6.07, 6.45) is 0.180. The molecule has 0 unspecified atom stereocenters. The average Bonchev–Trinajstić information content (AvgIpc) is 2.57. The Bertz CT molecular complexity index is 415. The molecule has 17 heavy (non-hydrogen) atoms. The van der Waals surface area contributed by atoms with Gasteiger partial charge >= 0.3 is 5.97 Å². The van der Waals surface area contributed by atoms with Crippen LogP contribution in [0.15, 0.2) is 5.38 Å². The number of aryl methyl sites for hydroxylation is 1. The molecule has 0 radical (unpaired) electrons. The average molecular weight is 255 g/mol. The molecule has 1 aromatic rings. The summed E-state index contributed by atoms with van der Waals surface area (Å²) in [4.78, 5) is 17.4. The number of carboxylic acids is 1. The number of hydrogen-bond acceptors (Lipinski definition) is 5. The lowest BCUT2D eigenvalue weighted by atomic mass is 9.86. The molecule has 6 heteroatoms. The highest BCUT2D eigenvalue weighted by molar-refractivity contribution is 7.09. The number of hydrogen-bond donors (Lipinski definition) is 2. The molecule has 1 aliphatic heterocycles. The first-order valence-electron chi connectivity index (χ1n) is 5.57. The van der Waals surface area contributed by atoms with Crippen molar-refractivity contribution in [1.29, 1.82) is 0 Å². The van der Waals surface area contributed by atoms with Gasteiger partial charge in [-0.25, -0.2) is 4.98 Å². The van der Waals surface area contributed by atoms with Crippen molar-refractivity contribution in [3.05, 3.63) is 16.1 Å². The molecule has 94 valence electrons. The monoisotopic (exact) mass is 255 g/mol. The Hall–Kier alpha value is -0.980. The predicted molar refractivity (Wildman–Crippen MR) is 66.2 cm³/mol. The van der Waals surface area contributed by atoms with E-state index < -0.39 is 5.97 Å². The summed E-state index contributed by atoms with van der Waals surface area (Å²) in [6, 6.07) is 0. The van der Waals surface area contributed by atoms with Crippen LogP contribution in [0.4, 0.5) is 0 Å². The number of carboxylic acid groups (broad SMARTS) is 1. The molecule has 0 spiro atoms. The molecule has 1 saturated heterocycles. The number of nitrogens with zero attached hydrogens (tertiary/aromatic N) is 2. The second kappa shape index (κ2) is 4.72. The first-order valence-corrected chi connectivity index (χ1v) is 6.45. The van der Waals surface area contributed by atoms with Crippen LogP contribution in [0.5, 0.6) is 0 Å². The van der Waals surface area contributed by atoms with Gasteiger partial charge in [0, 0.05) is 25.0 Å². The molecule has 0 atom stereocenters. The molecule has 1 fully saturated rings. The van der Waals surface area contributed by atoms with Gasteiger partial charge < -0.3 is 10.4 Å². The Balaban J connectivity index is 2.02. The normalized spacial score (nSPS) is 18.1. The number of rotatable bonds is 5. The van der Waals surface area contributed by atoms with Crippen molar-refractivity contribution in [3.63, 3.8) is 0 Å². The third-order valence-electron chi connectivity index (χ3n) is 3.26. The van der Waals surface area contributed by atoms with Crippen LogP contribution < -0.4 is 5.32 Å². The van der Waals surface area contributed by atoms with E-state index in [0.29, 0.717) is 6.54 Å². The summed E-state index contributed by atoms with van der Waals surface area (Å²) in [5.74, 6) is -0.743. The van der Waals surface area contributed by atoms with E-state index in [1.807, 2.05) is 19.4 Å². The maximum absolute atomic E-state index is 10.9. The molecule has 0 aromatic carbocycles. The first-order chi connectivity index (χ1) is 8.02. The van der Waals surface area contributed by atoms with Gasteiger partial charge in [0.25, 0.3) is 0 Å². The van der Waals surface area contributed by atoms with E-state index in [1.165, 1.54) is 0 Å². The summed E-state index contributed by atoms with van der Waals surface area (Å²) >= 11 is 1.63. The maximum Gasteiger partial charge on any atom is 0.305 e. The SMILES string of the molecule is Cc1nc(CN(C)C2(CC(=O)O)CNC2)cs1. The topological polar surface area (TPSA) is 65.5 Å². The van der Waals surface area contributed by atoms with Crippen molar-refractivity contribution in [2.24, 2.45) is 0 Å². The summed E-state index contributed by atoms with van der Waals surface area (Å²) < 4.78 is 0. The van der Waals surface area contributed by atoms with Gasteiger partial charge in [-0.15, -0.1) is 11.3 Å². The van der Waals surface area contributed by atoms with E-state index in [0.717, 1.165) is 23.8 Å². The summed E-state index contributed by atoms with van der Waals surface area (Å²) in [6.45, 7) is 4.16. The highest BCUT2D eigenvalue weighted by Crippen LogP contribution is 2.25. The van der Waals surface area contributed by atoms with Crippen molar-refractivity contribution in [2.75, 3.05) is 20.1 Å². The number of carbonyl (C=O) groups is 1. The molecule has 1 aromatic heterocycles. The standard InChI is InChI=1S/C11H17N3O2S/c1-8-13-9(5-17-8)4-14(2)11(3-10(15)16)6-12-7-11/h5,12H,3-4,6-7H2,1-2H3,(H,15,16). The van der Waals surface area contributed by atoms with Gasteiger partial charge in [0.05, 0.1) is 22.7 Å². The zero-order valence-electron chi connectivity index (χ0n) is 10.1. The summed E-state index contributed by atoms with van der Waals surface area (Å²) in [5, 5.41) is 15.2. The quantitative estimate of drug-likeness (QED) is 0.811. The minimum Gasteiger partial charge on any atom is -0.481 e. The van der Waals surface area contributed by atoms with Gasteiger partial charge in [-0.2, -0.15) is 0 Å². The largest absolute Gasteiger partial charge is 0.481 e. The Kier molecular flexibility index (Phi) is 3.46. The molecule has 2 N–H and O–H groups in total. The number of nitrogens with one attached hydrogen (secondary N) is 1. The zero-order valence-corrected chi connectivity index (χ0v) is 10.9. The van der Waals surface area contributed by atoms with E-state index in [9.17, 15) is 4.79 Å². The van der Waals surface area contributed by atoms with Gasteiger partial charge in [0.1, 0.15) is 0 Å². The third kappa shape index (κ3) is 2.65. The fourth-order valence-electron chi connectivity index (χ4n) is 2.12. The van der Waals surface area contributed by atoms with Gasteiger partial charge in [-0.1, -0.05) is 0 Å². The van der Waals surface area contributed by atoms with Crippen molar-refractivity contribution >= 4 is 17.3 Å². The minimum absolute atomic E-state index is 0.180. The number of aromatic nitrogens is 1. The summed E-state index contributed by atoms with van der Waals surface area (Å²) in [5.41, 5.74) is 0.773. The van der Waals surface area contributed by atoms with Crippen molar-refractivity contribution < 1.29 is 9.90 Å². The second-order valence-electron chi connectivity index (χ2n) is 4.61. The lowest BCUT2D eigenvalue weighted by molar-refractivity contribution is -0.141. The van der Waals surface area contributed by atoms with Crippen molar-refractivity contribution in [3.8, 4) is 0 Å². The lowest BCUT2D eigenvalue weighted by Gasteiger charge is -2.48. The van der Waals surface area contributed by atoms with E-state index in [1.54, 1.807) is 11.3 Å². The Morgan fingerprint density at radius 2 is 2.41 bits per heavy atom. The highest BCUT2D eigenvalue weighted by Gasteiger charge is 2.42. The molecular weight excluding hydrogens is 238 g/mol. The third-order valence-corrected chi connectivity index (χ3v) is 4.09. The molecule has 1 aliphatic rings. The molecule has 0 saturated carbocycles. The van der Waals surface area contributed by atoms with Crippen LogP contribution in [-0.2, 0) is 11.3 Å². The molecule has 2 rings (SSSR count). The molecule has 2 heterocycles. The molecule has 0 aliphatic carbocycles. The fraction of sp³-hybridized carbons (Fsp3) is 0.636. The lowest BCUT2D eigenvalue weighted by Crippen LogP contribution is -2.68. The van der Waals surface area contributed by atoms with Gasteiger partial charge in [0.15, 0.2) is 0 Å². The highest BCUT2D eigenvalue weighted by atomic mass is 32.1. The Morgan fingerprint density at radius 3 is 2.82 bits per heavy atom. The Morgan fingerprint density at radius 1 is 1.71 bits per heavy atom. The van der Waals surface area contributed by atoms with Crippen LogP contribution in [0.25, 0.3) is 0 Å². The smallest absolute Gasteiger partial charge is 0.305 e. The van der Waals surface area contributed by atoms with Gasteiger partial charge in [0.2, 0.25) is 0 Å². The van der Waals surface area contributed by atoms with E-state index in [-0.39, 0.29) is 12.0 Å². The first kappa shape index (κ1) is 12.5. The van der Waals surface area contributed by atoms with Crippen LogP contribution in [0.1, 0.15) is 17.1 Å². The van der Waals surface area contributed by atoms with Crippen LogP contribution in [0, 0.1) is 6.92 Å². The molecular formula is C11H17N3O2S. The summed E-state index contributed by atoms with van der Waals surface area (Å²) in [7, 11) is 1.97. The predicted octanol–water partition coefficient (Wildman–Crippen LogP) is 0.700. The molecule has 0 amide bonds. The molecule has 5 nitrogen and oxygen atoms in total. The van der Waals surface area contributed by atoms with Crippen LogP contribution in [0.2, 0.25) is 0 Å². The number of aliphatic carboxylic acids is 1. The van der Waals surface area contributed by atoms with Gasteiger partial charge in [-0.05, 0) is 14.0 Å². The van der Waals surface area contributed by atoms with Crippen LogP contribution >= 0.6 is 11.3 Å². The van der Waals surface area contributed by atoms with Gasteiger partial charge in [-0.3, -0.25) is 9.69 Å². The van der Waals surface area contributed by atoms with E-state index >= 15 is 0 Å². The number of likely N-dealkylation sites (N-methyl/N-ethyl adjacent to an activating group) is 1. The minimum atomic E-state index is -0.743. The number of thiazole rings is 1.